The average molecular weight is 404 g/mol. The van der Waals surface area contributed by atoms with Crippen LogP contribution in [0.25, 0.3) is 10.6 Å². The number of thiazole rings is 1. The number of benzene rings is 2. The van der Waals surface area contributed by atoms with Crippen molar-refractivity contribution in [2.24, 2.45) is 0 Å². The number of esters is 1. The fraction of sp³-hybridized carbons (Fsp3) is 0.111. The predicted octanol–water partition coefficient (Wildman–Crippen LogP) is 4.69. The summed E-state index contributed by atoms with van der Waals surface area (Å²) in [7, 11) is 0. The Hall–Kier alpha value is -2.18. The van der Waals surface area contributed by atoms with Crippen LogP contribution in [0.4, 0.5) is 0 Å². The first-order valence-corrected chi connectivity index (χ1v) is 8.92. The highest BCUT2D eigenvalue weighted by Gasteiger charge is 2.09. The number of hydrogen-bond donors (Lipinski definition) is 0. The van der Waals surface area contributed by atoms with Crippen molar-refractivity contribution in [1.82, 2.24) is 4.98 Å². The summed E-state index contributed by atoms with van der Waals surface area (Å²) in [5.41, 5.74) is 1.75. The normalized spacial score (nSPS) is 10.4. The summed E-state index contributed by atoms with van der Waals surface area (Å²) >= 11 is 4.96. The lowest BCUT2D eigenvalue weighted by Gasteiger charge is -2.05. The minimum atomic E-state index is -0.421. The number of hydrogen-bond acceptors (Lipinski definition) is 5. The molecular weight excluding hydrogens is 390 g/mol. The van der Waals surface area contributed by atoms with E-state index in [-0.39, 0.29) is 13.2 Å². The summed E-state index contributed by atoms with van der Waals surface area (Å²) in [6.07, 6.45) is 0. The Kier molecular flexibility index (Phi) is 5.61. The monoisotopic (exact) mass is 403 g/mol. The van der Waals surface area contributed by atoms with Crippen molar-refractivity contribution >= 4 is 33.2 Å². The molecule has 1 heterocycles. The molecule has 0 atom stereocenters. The first-order chi connectivity index (χ1) is 11.7. The quantitative estimate of drug-likeness (QED) is 0.559. The summed E-state index contributed by atoms with van der Waals surface area (Å²) < 4.78 is 11.5. The number of para-hydroxylation sites is 1. The zero-order valence-corrected chi connectivity index (χ0v) is 15.0. The van der Waals surface area contributed by atoms with E-state index in [9.17, 15) is 4.79 Å². The number of ether oxygens (including phenoxy) is 2. The predicted molar refractivity (Wildman–Crippen MR) is 97.0 cm³/mol. The van der Waals surface area contributed by atoms with E-state index in [4.69, 9.17) is 9.47 Å². The van der Waals surface area contributed by atoms with Gasteiger partial charge in [-0.2, -0.15) is 0 Å². The molecule has 0 unspecified atom stereocenters. The number of halogens is 1. The summed E-state index contributed by atoms with van der Waals surface area (Å²) in [4.78, 5) is 16.2. The number of nitrogens with zero attached hydrogens (tertiary/aromatic N) is 1. The molecule has 0 spiro atoms. The van der Waals surface area contributed by atoms with Crippen molar-refractivity contribution in [3.8, 4) is 16.3 Å². The minimum Gasteiger partial charge on any atom is -0.482 e. The molecule has 0 aliphatic heterocycles. The Morgan fingerprint density at radius 3 is 2.75 bits per heavy atom. The SMILES string of the molecule is O=C(COc1ccccc1)OCc1csc(-c2cccc(Br)c2)n1. The number of rotatable bonds is 6. The molecule has 0 saturated carbocycles. The summed E-state index contributed by atoms with van der Waals surface area (Å²) in [5, 5.41) is 2.78. The van der Waals surface area contributed by atoms with Crippen molar-refractivity contribution < 1.29 is 14.3 Å². The molecule has 24 heavy (non-hydrogen) atoms. The Labute approximate surface area is 152 Å². The molecule has 0 saturated heterocycles. The van der Waals surface area contributed by atoms with E-state index in [2.05, 4.69) is 20.9 Å². The van der Waals surface area contributed by atoms with Gasteiger partial charge in [0, 0.05) is 15.4 Å². The van der Waals surface area contributed by atoms with Crippen LogP contribution < -0.4 is 4.74 Å². The Morgan fingerprint density at radius 2 is 1.96 bits per heavy atom. The van der Waals surface area contributed by atoms with Crippen LogP contribution in [0.2, 0.25) is 0 Å². The molecule has 3 aromatic rings. The Bertz CT molecular complexity index is 820. The van der Waals surface area contributed by atoms with E-state index in [0.717, 1.165) is 20.7 Å². The van der Waals surface area contributed by atoms with E-state index in [1.165, 1.54) is 11.3 Å². The van der Waals surface area contributed by atoms with Gasteiger partial charge in [-0.05, 0) is 24.3 Å². The number of carbonyl (C=O) groups excluding carboxylic acids is 1. The van der Waals surface area contributed by atoms with Crippen LogP contribution in [0.5, 0.6) is 5.75 Å². The van der Waals surface area contributed by atoms with Gasteiger partial charge in [0.15, 0.2) is 6.61 Å². The summed E-state index contributed by atoms with van der Waals surface area (Å²) in [6, 6.07) is 17.1. The molecule has 0 aliphatic rings. The zero-order chi connectivity index (χ0) is 16.8. The van der Waals surface area contributed by atoms with Crippen molar-refractivity contribution in [2.45, 2.75) is 6.61 Å². The first kappa shape index (κ1) is 16.7. The molecule has 3 rings (SSSR count). The van der Waals surface area contributed by atoms with Gasteiger partial charge >= 0.3 is 5.97 Å². The van der Waals surface area contributed by atoms with Gasteiger partial charge in [0.25, 0.3) is 0 Å². The zero-order valence-electron chi connectivity index (χ0n) is 12.6. The molecule has 6 heteroatoms. The molecular formula is C18H14BrNO3S. The lowest BCUT2D eigenvalue weighted by molar-refractivity contribution is -0.147. The van der Waals surface area contributed by atoms with Gasteiger partial charge in [0.1, 0.15) is 17.4 Å². The second kappa shape index (κ2) is 8.08. The molecule has 122 valence electrons. The first-order valence-electron chi connectivity index (χ1n) is 7.24. The third-order valence-electron chi connectivity index (χ3n) is 3.10. The van der Waals surface area contributed by atoms with E-state index >= 15 is 0 Å². The van der Waals surface area contributed by atoms with Crippen molar-refractivity contribution in [3.05, 3.63) is 70.1 Å². The van der Waals surface area contributed by atoms with Gasteiger partial charge in [0.05, 0.1) is 5.69 Å². The van der Waals surface area contributed by atoms with Crippen LogP contribution in [0, 0.1) is 0 Å². The molecule has 0 amide bonds. The van der Waals surface area contributed by atoms with Crippen LogP contribution in [0.15, 0.2) is 64.5 Å². The third-order valence-corrected chi connectivity index (χ3v) is 4.54. The summed E-state index contributed by atoms with van der Waals surface area (Å²) in [6.45, 7) is 0.0220. The standard InChI is InChI=1S/C18H14BrNO3S/c19-14-6-4-5-13(9-14)18-20-15(12-24-18)10-23-17(21)11-22-16-7-2-1-3-8-16/h1-9,12H,10-11H2. The molecule has 2 aromatic carbocycles. The van der Waals surface area contributed by atoms with Crippen LogP contribution in [0.1, 0.15) is 5.69 Å². The summed E-state index contributed by atoms with van der Waals surface area (Å²) in [5.74, 6) is 0.218. The van der Waals surface area contributed by atoms with Crippen LogP contribution in [-0.2, 0) is 16.1 Å². The fourth-order valence-corrected chi connectivity index (χ4v) is 3.18. The molecule has 0 radical (unpaired) electrons. The van der Waals surface area contributed by atoms with Crippen molar-refractivity contribution in [3.63, 3.8) is 0 Å². The Balaban J connectivity index is 1.51. The average Bonchev–Trinajstić information content (AvgIpc) is 3.08. The Morgan fingerprint density at radius 1 is 1.12 bits per heavy atom. The van der Waals surface area contributed by atoms with Crippen LogP contribution in [-0.4, -0.2) is 17.6 Å². The highest BCUT2D eigenvalue weighted by Crippen LogP contribution is 2.26. The number of carbonyl (C=O) groups is 1. The maximum Gasteiger partial charge on any atom is 0.344 e. The van der Waals surface area contributed by atoms with Gasteiger partial charge in [-0.3, -0.25) is 0 Å². The molecule has 0 bridgehead atoms. The maximum atomic E-state index is 11.7. The highest BCUT2D eigenvalue weighted by atomic mass is 79.9. The van der Waals surface area contributed by atoms with E-state index in [1.807, 2.05) is 47.8 Å². The largest absolute Gasteiger partial charge is 0.482 e. The van der Waals surface area contributed by atoms with Gasteiger partial charge in [0.2, 0.25) is 0 Å². The van der Waals surface area contributed by atoms with E-state index in [1.54, 1.807) is 12.1 Å². The lowest BCUT2D eigenvalue weighted by atomic mass is 10.2. The lowest BCUT2D eigenvalue weighted by Crippen LogP contribution is -2.14. The molecule has 0 N–H and O–H groups in total. The number of aromatic nitrogens is 1. The highest BCUT2D eigenvalue weighted by molar-refractivity contribution is 9.10. The topological polar surface area (TPSA) is 48.4 Å². The third kappa shape index (κ3) is 4.66. The maximum absolute atomic E-state index is 11.7. The van der Waals surface area contributed by atoms with Crippen LogP contribution >= 0.6 is 27.3 Å². The van der Waals surface area contributed by atoms with Gasteiger partial charge in [-0.25, -0.2) is 9.78 Å². The van der Waals surface area contributed by atoms with Crippen molar-refractivity contribution in [2.75, 3.05) is 6.61 Å². The van der Waals surface area contributed by atoms with E-state index < -0.39 is 5.97 Å². The van der Waals surface area contributed by atoms with Crippen LogP contribution in [0.3, 0.4) is 0 Å². The second-order valence-electron chi connectivity index (χ2n) is 4.92. The smallest absolute Gasteiger partial charge is 0.344 e. The van der Waals surface area contributed by atoms with Gasteiger partial charge in [-0.15, -0.1) is 11.3 Å². The van der Waals surface area contributed by atoms with Crippen molar-refractivity contribution in [1.29, 1.82) is 0 Å². The molecule has 0 fully saturated rings. The van der Waals surface area contributed by atoms with Gasteiger partial charge in [-0.1, -0.05) is 46.3 Å². The fourth-order valence-electron chi connectivity index (χ4n) is 1.98. The molecule has 1 aromatic heterocycles. The second-order valence-corrected chi connectivity index (χ2v) is 6.69. The van der Waals surface area contributed by atoms with Gasteiger partial charge < -0.3 is 9.47 Å². The van der Waals surface area contributed by atoms with E-state index in [0.29, 0.717) is 5.75 Å². The molecule has 0 aliphatic carbocycles. The minimum absolute atomic E-state index is 0.118. The molecule has 4 nitrogen and oxygen atoms in total.